The molecule has 3 aromatic carbocycles. The van der Waals surface area contributed by atoms with Crippen LogP contribution >= 0.6 is 0 Å². The fraction of sp³-hybridized carbons (Fsp3) is 0.0909. The molecule has 1 heterocycles. The van der Waals surface area contributed by atoms with Gasteiger partial charge in [-0.15, -0.1) is 0 Å². The van der Waals surface area contributed by atoms with E-state index >= 15 is 0 Å². The van der Waals surface area contributed by atoms with E-state index in [0.29, 0.717) is 35.0 Å². The standard InChI is InChI=1S/C22H19N5O2/c23-21-22(24)26-19-17(12-15-9-5-2-6-10-15)20(27(28)29)16(13-18(19)25-21)11-14-7-3-1-4-8-14/h1-10,13H,11-12H2,(H2,23,25)(H2,24,26). The number of aromatic nitrogens is 2. The Morgan fingerprint density at radius 1 is 0.828 bits per heavy atom. The minimum Gasteiger partial charge on any atom is -0.381 e. The first-order chi connectivity index (χ1) is 14.0. The number of nitrogens with zero attached hydrogens (tertiary/aromatic N) is 3. The van der Waals surface area contributed by atoms with Crippen LogP contribution in [0.25, 0.3) is 11.0 Å². The molecule has 4 N–H and O–H groups in total. The van der Waals surface area contributed by atoms with Crippen molar-refractivity contribution >= 4 is 28.4 Å². The summed E-state index contributed by atoms with van der Waals surface area (Å²) in [7, 11) is 0. The molecule has 0 saturated carbocycles. The van der Waals surface area contributed by atoms with Gasteiger partial charge in [0.05, 0.1) is 16.0 Å². The van der Waals surface area contributed by atoms with Gasteiger partial charge in [0, 0.05) is 18.4 Å². The summed E-state index contributed by atoms with van der Waals surface area (Å²) in [6, 6.07) is 20.8. The molecular weight excluding hydrogens is 366 g/mol. The molecule has 0 aliphatic heterocycles. The topological polar surface area (TPSA) is 121 Å². The molecule has 0 saturated heterocycles. The second-order valence-corrected chi connectivity index (χ2v) is 6.81. The minimum atomic E-state index is -0.343. The van der Waals surface area contributed by atoms with Crippen molar-refractivity contribution in [3.8, 4) is 0 Å². The summed E-state index contributed by atoms with van der Waals surface area (Å²) in [6.45, 7) is 0. The minimum absolute atomic E-state index is 0.0451. The van der Waals surface area contributed by atoms with Crippen LogP contribution in [0.4, 0.5) is 17.3 Å². The summed E-state index contributed by atoms with van der Waals surface area (Å²) in [5.74, 6) is 0.180. The molecule has 0 radical (unpaired) electrons. The molecule has 7 nitrogen and oxygen atoms in total. The van der Waals surface area contributed by atoms with Crippen LogP contribution in [0.3, 0.4) is 0 Å². The molecule has 0 amide bonds. The Kier molecular flexibility index (Phi) is 4.78. The Balaban J connectivity index is 1.98. The van der Waals surface area contributed by atoms with Crippen LogP contribution in [0.2, 0.25) is 0 Å². The number of nitro groups is 1. The predicted molar refractivity (Wildman–Crippen MR) is 114 cm³/mol. The average molecular weight is 385 g/mol. The monoisotopic (exact) mass is 385 g/mol. The maximum absolute atomic E-state index is 12.1. The fourth-order valence-electron chi connectivity index (χ4n) is 3.48. The third kappa shape index (κ3) is 3.70. The van der Waals surface area contributed by atoms with Crippen LogP contribution in [-0.2, 0) is 12.8 Å². The van der Waals surface area contributed by atoms with Crippen LogP contribution in [0, 0.1) is 10.1 Å². The van der Waals surface area contributed by atoms with Gasteiger partial charge in [-0.05, 0) is 17.2 Å². The second kappa shape index (κ2) is 7.55. The van der Waals surface area contributed by atoms with Crippen LogP contribution in [0.15, 0.2) is 66.7 Å². The molecule has 1 aromatic heterocycles. The van der Waals surface area contributed by atoms with Gasteiger partial charge in [0.25, 0.3) is 5.69 Å². The van der Waals surface area contributed by atoms with Gasteiger partial charge in [0.15, 0.2) is 11.6 Å². The van der Waals surface area contributed by atoms with Gasteiger partial charge < -0.3 is 11.5 Å². The first-order valence-electron chi connectivity index (χ1n) is 9.12. The number of fused-ring (bicyclic) bond motifs is 1. The van der Waals surface area contributed by atoms with Gasteiger partial charge in [-0.3, -0.25) is 10.1 Å². The van der Waals surface area contributed by atoms with E-state index in [9.17, 15) is 10.1 Å². The van der Waals surface area contributed by atoms with Crippen molar-refractivity contribution in [2.45, 2.75) is 12.8 Å². The van der Waals surface area contributed by atoms with Crippen molar-refractivity contribution in [2.24, 2.45) is 0 Å². The van der Waals surface area contributed by atoms with Crippen LogP contribution < -0.4 is 11.5 Å². The predicted octanol–water partition coefficient (Wildman–Crippen LogP) is 3.88. The van der Waals surface area contributed by atoms with Crippen molar-refractivity contribution in [3.05, 3.63) is 99.1 Å². The molecule has 0 aliphatic rings. The number of nitro benzene ring substituents is 1. The van der Waals surface area contributed by atoms with Crippen molar-refractivity contribution < 1.29 is 4.92 Å². The van der Waals surface area contributed by atoms with E-state index in [2.05, 4.69) is 9.97 Å². The smallest absolute Gasteiger partial charge is 0.278 e. The fourth-order valence-corrected chi connectivity index (χ4v) is 3.48. The lowest BCUT2D eigenvalue weighted by molar-refractivity contribution is -0.386. The molecule has 4 rings (SSSR count). The van der Waals surface area contributed by atoms with E-state index in [1.165, 1.54) is 0 Å². The van der Waals surface area contributed by atoms with Gasteiger partial charge in [0.2, 0.25) is 0 Å². The number of rotatable bonds is 5. The van der Waals surface area contributed by atoms with Gasteiger partial charge in [-0.25, -0.2) is 9.97 Å². The number of anilines is 2. The molecular formula is C22H19N5O2. The Hall–Kier alpha value is -4.00. The maximum Gasteiger partial charge on any atom is 0.278 e. The maximum atomic E-state index is 12.1. The molecule has 4 aromatic rings. The van der Waals surface area contributed by atoms with Crippen LogP contribution in [0.1, 0.15) is 22.3 Å². The zero-order chi connectivity index (χ0) is 20.4. The molecule has 7 heteroatoms. The Morgan fingerprint density at radius 3 is 1.97 bits per heavy atom. The Morgan fingerprint density at radius 2 is 1.38 bits per heavy atom. The highest BCUT2D eigenvalue weighted by Gasteiger charge is 2.25. The molecule has 29 heavy (non-hydrogen) atoms. The van der Waals surface area contributed by atoms with Crippen molar-refractivity contribution in [1.29, 1.82) is 0 Å². The zero-order valence-corrected chi connectivity index (χ0v) is 15.6. The quantitative estimate of drug-likeness (QED) is 0.397. The highest BCUT2D eigenvalue weighted by atomic mass is 16.6. The lowest BCUT2D eigenvalue weighted by atomic mass is 9.95. The summed E-state index contributed by atoms with van der Waals surface area (Å²) in [6.07, 6.45) is 0.745. The normalized spacial score (nSPS) is 10.9. The first kappa shape index (κ1) is 18.4. The summed E-state index contributed by atoms with van der Waals surface area (Å²) in [4.78, 5) is 20.5. The molecule has 0 unspecified atom stereocenters. The van der Waals surface area contributed by atoms with Gasteiger partial charge in [-0.1, -0.05) is 60.7 Å². The molecule has 0 aliphatic carbocycles. The highest BCUT2D eigenvalue weighted by Crippen LogP contribution is 2.34. The zero-order valence-electron chi connectivity index (χ0n) is 15.6. The van der Waals surface area contributed by atoms with Crippen molar-refractivity contribution in [1.82, 2.24) is 9.97 Å². The summed E-state index contributed by atoms with van der Waals surface area (Å²) in [5.41, 5.74) is 15.6. The molecule has 0 bridgehead atoms. The molecule has 0 spiro atoms. The van der Waals surface area contributed by atoms with Gasteiger partial charge in [-0.2, -0.15) is 0 Å². The molecule has 0 atom stereocenters. The van der Waals surface area contributed by atoms with Gasteiger partial charge in [0.1, 0.15) is 5.52 Å². The van der Waals surface area contributed by atoms with E-state index in [0.717, 1.165) is 11.1 Å². The Labute approximate surface area is 167 Å². The van der Waals surface area contributed by atoms with E-state index in [1.54, 1.807) is 6.07 Å². The summed E-state index contributed by atoms with van der Waals surface area (Å²) in [5, 5.41) is 12.1. The summed E-state index contributed by atoms with van der Waals surface area (Å²) >= 11 is 0. The van der Waals surface area contributed by atoms with E-state index in [-0.39, 0.29) is 22.2 Å². The van der Waals surface area contributed by atoms with Crippen LogP contribution in [-0.4, -0.2) is 14.9 Å². The number of hydrogen-bond donors (Lipinski definition) is 2. The largest absolute Gasteiger partial charge is 0.381 e. The number of nitrogens with two attached hydrogens (primary N) is 2. The van der Waals surface area contributed by atoms with E-state index in [1.807, 2.05) is 60.7 Å². The first-order valence-corrected chi connectivity index (χ1v) is 9.12. The molecule has 0 fully saturated rings. The summed E-state index contributed by atoms with van der Waals surface area (Å²) < 4.78 is 0. The SMILES string of the molecule is Nc1nc2cc(Cc3ccccc3)c([N+](=O)[O-])c(Cc3ccccc3)c2nc1N. The van der Waals surface area contributed by atoms with Gasteiger partial charge >= 0.3 is 0 Å². The lowest BCUT2D eigenvalue weighted by Gasteiger charge is -2.13. The second-order valence-electron chi connectivity index (χ2n) is 6.81. The van der Waals surface area contributed by atoms with E-state index in [4.69, 9.17) is 11.5 Å². The molecule has 144 valence electrons. The Bertz CT molecular complexity index is 1190. The van der Waals surface area contributed by atoms with E-state index < -0.39 is 0 Å². The number of nitrogen functional groups attached to an aromatic ring is 2. The van der Waals surface area contributed by atoms with Crippen molar-refractivity contribution in [3.63, 3.8) is 0 Å². The third-order valence-corrected chi connectivity index (χ3v) is 4.81. The number of benzene rings is 3. The third-order valence-electron chi connectivity index (χ3n) is 4.81. The van der Waals surface area contributed by atoms with Crippen molar-refractivity contribution in [2.75, 3.05) is 11.5 Å². The van der Waals surface area contributed by atoms with Crippen LogP contribution in [0.5, 0.6) is 0 Å². The lowest BCUT2D eigenvalue weighted by Crippen LogP contribution is -2.08. The highest BCUT2D eigenvalue weighted by molar-refractivity contribution is 5.87. The average Bonchev–Trinajstić information content (AvgIpc) is 2.71. The number of hydrogen-bond acceptors (Lipinski definition) is 6.